The van der Waals surface area contributed by atoms with Crippen LogP contribution in [0.25, 0.3) is 0 Å². The molecule has 0 saturated carbocycles. The summed E-state index contributed by atoms with van der Waals surface area (Å²) in [6.07, 6.45) is -0.00452. The van der Waals surface area contributed by atoms with Crippen LogP contribution >= 0.6 is 0 Å². The molecule has 114 valence electrons. The Hall–Kier alpha value is -1.95. The molecule has 6 nitrogen and oxygen atoms in total. The number of ether oxygens (including phenoxy) is 1. The number of nitrogens with zero attached hydrogens (tertiary/aromatic N) is 2. The lowest BCUT2D eigenvalue weighted by atomic mass is 10.1. The molecule has 21 heavy (non-hydrogen) atoms. The second-order valence-electron chi connectivity index (χ2n) is 5.56. The molecule has 1 fully saturated rings. The number of aliphatic carboxylic acids is 1. The van der Waals surface area contributed by atoms with E-state index in [4.69, 9.17) is 4.74 Å². The average molecular weight is 291 g/mol. The van der Waals surface area contributed by atoms with Crippen LogP contribution < -0.4 is 19.9 Å². The van der Waals surface area contributed by atoms with E-state index in [9.17, 15) is 9.90 Å². The van der Waals surface area contributed by atoms with Gasteiger partial charge in [0.15, 0.2) is 0 Å². The molecule has 0 aliphatic carbocycles. The van der Waals surface area contributed by atoms with Gasteiger partial charge in [-0.3, -0.25) is 4.79 Å². The highest BCUT2D eigenvalue weighted by Gasteiger charge is 2.29. The summed E-state index contributed by atoms with van der Waals surface area (Å²) in [6.45, 7) is 6.31. The fraction of sp³-hybridized carbons (Fsp3) is 0.533. The van der Waals surface area contributed by atoms with Gasteiger partial charge in [0.05, 0.1) is 12.2 Å². The number of anilines is 2. The van der Waals surface area contributed by atoms with Crippen molar-refractivity contribution in [3.8, 4) is 5.75 Å². The van der Waals surface area contributed by atoms with Crippen LogP contribution in [0.2, 0.25) is 0 Å². The zero-order valence-electron chi connectivity index (χ0n) is 12.2. The van der Waals surface area contributed by atoms with Gasteiger partial charge in [0.1, 0.15) is 24.1 Å². The second kappa shape index (κ2) is 5.81. The molecule has 2 aliphatic heterocycles. The molecule has 1 saturated heterocycles. The van der Waals surface area contributed by atoms with Crippen LogP contribution in [-0.2, 0) is 4.79 Å². The largest absolute Gasteiger partial charge is 0.487 e. The molecule has 0 radical (unpaired) electrons. The molecule has 2 aliphatic rings. The van der Waals surface area contributed by atoms with Crippen molar-refractivity contribution in [1.82, 2.24) is 5.32 Å². The third-order valence-corrected chi connectivity index (χ3v) is 3.88. The fourth-order valence-corrected chi connectivity index (χ4v) is 3.05. The molecule has 2 N–H and O–H groups in total. The number of carbonyl (C=O) groups is 1. The van der Waals surface area contributed by atoms with Gasteiger partial charge >= 0.3 is 5.97 Å². The highest BCUT2D eigenvalue weighted by molar-refractivity contribution is 5.83. The number of rotatable bonds is 3. The van der Waals surface area contributed by atoms with Gasteiger partial charge in [0.2, 0.25) is 0 Å². The van der Waals surface area contributed by atoms with Gasteiger partial charge in [-0.25, -0.2) is 0 Å². The summed E-state index contributed by atoms with van der Waals surface area (Å²) in [7, 11) is 0. The number of benzene rings is 1. The van der Waals surface area contributed by atoms with Crippen LogP contribution in [0, 0.1) is 0 Å². The Bertz CT molecular complexity index is 529. The summed E-state index contributed by atoms with van der Waals surface area (Å²) < 4.78 is 5.90. The molecule has 1 aromatic carbocycles. The Morgan fingerprint density at radius 3 is 2.90 bits per heavy atom. The highest BCUT2D eigenvalue weighted by atomic mass is 16.5. The molecule has 1 unspecified atom stereocenters. The summed E-state index contributed by atoms with van der Waals surface area (Å²) in [5, 5.41) is 12.5. The van der Waals surface area contributed by atoms with E-state index in [2.05, 4.69) is 16.3 Å². The third-order valence-electron chi connectivity index (χ3n) is 3.88. The number of carboxylic acid groups (broad SMARTS) is 1. The fourth-order valence-electron chi connectivity index (χ4n) is 3.05. The number of nitrogens with one attached hydrogen (secondary N) is 1. The molecule has 0 spiro atoms. The number of hydrogen-bond donors (Lipinski definition) is 2. The predicted molar refractivity (Wildman–Crippen MR) is 81.5 cm³/mol. The average Bonchev–Trinajstić information content (AvgIpc) is 2.46. The zero-order chi connectivity index (χ0) is 14.8. The smallest absolute Gasteiger partial charge is 0.323 e. The highest BCUT2D eigenvalue weighted by Crippen LogP contribution is 2.41. The van der Waals surface area contributed by atoms with Crippen molar-refractivity contribution in [2.75, 3.05) is 49.1 Å². The lowest BCUT2D eigenvalue weighted by Gasteiger charge is -2.39. The first-order chi connectivity index (χ1) is 10.1. The van der Waals surface area contributed by atoms with E-state index in [-0.39, 0.29) is 12.6 Å². The summed E-state index contributed by atoms with van der Waals surface area (Å²) in [5.41, 5.74) is 1.99. The lowest BCUT2D eigenvalue weighted by molar-refractivity contribution is -0.135. The maximum atomic E-state index is 11.2. The van der Waals surface area contributed by atoms with Crippen LogP contribution in [0.1, 0.15) is 6.92 Å². The summed E-state index contributed by atoms with van der Waals surface area (Å²) >= 11 is 0. The molecule has 6 heteroatoms. The van der Waals surface area contributed by atoms with E-state index in [1.807, 2.05) is 24.0 Å². The maximum absolute atomic E-state index is 11.2. The monoisotopic (exact) mass is 291 g/mol. The second-order valence-corrected chi connectivity index (χ2v) is 5.56. The van der Waals surface area contributed by atoms with Crippen molar-refractivity contribution in [2.45, 2.75) is 13.0 Å². The number of para-hydroxylation sites is 1. The lowest BCUT2D eigenvalue weighted by Crippen LogP contribution is -2.46. The zero-order valence-corrected chi connectivity index (χ0v) is 12.2. The van der Waals surface area contributed by atoms with E-state index >= 15 is 0 Å². The first-order valence-electron chi connectivity index (χ1n) is 7.37. The standard InChI is InChI=1S/C15H21N3O3/c1-11-9-18(10-14(19)20)15-12(3-2-4-13(15)21-11)17-7-5-16-6-8-17/h2-4,11,16H,5-10H2,1H3,(H,19,20). The number of hydrogen-bond acceptors (Lipinski definition) is 5. The SMILES string of the molecule is CC1CN(CC(=O)O)c2c(cccc2N2CCNCC2)O1. The minimum absolute atomic E-state index is 0.00377. The van der Waals surface area contributed by atoms with Crippen molar-refractivity contribution in [3.63, 3.8) is 0 Å². The number of carboxylic acids is 1. The van der Waals surface area contributed by atoms with Crippen molar-refractivity contribution in [3.05, 3.63) is 18.2 Å². The maximum Gasteiger partial charge on any atom is 0.323 e. The van der Waals surface area contributed by atoms with Crippen molar-refractivity contribution in [2.24, 2.45) is 0 Å². The molecule has 1 atom stereocenters. The molecule has 1 aromatic rings. The van der Waals surface area contributed by atoms with Crippen LogP contribution in [0.15, 0.2) is 18.2 Å². The van der Waals surface area contributed by atoms with Gasteiger partial charge in [-0.1, -0.05) is 6.07 Å². The topological polar surface area (TPSA) is 65.0 Å². The Morgan fingerprint density at radius 1 is 1.43 bits per heavy atom. The van der Waals surface area contributed by atoms with E-state index in [0.717, 1.165) is 43.3 Å². The van der Waals surface area contributed by atoms with Crippen molar-refractivity contribution < 1.29 is 14.6 Å². The van der Waals surface area contributed by atoms with Gasteiger partial charge in [0, 0.05) is 26.2 Å². The number of fused-ring (bicyclic) bond motifs is 1. The van der Waals surface area contributed by atoms with E-state index in [1.165, 1.54) is 0 Å². The van der Waals surface area contributed by atoms with Gasteiger partial charge in [-0.15, -0.1) is 0 Å². The van der Waals surface area contributed by atoms with Gasteiger partial charge < -0.3 is 25.0 Å². The molecule has 2 heterocycles. The molecule has 0 bridgehead atoms. The summed E-state index contributed by atoms with van der Waals surface area (Å²) in [5.74, 6) is -0.0313. The van der Waals surface area contributed by atoms with Crippen LogP contribution in [0.3, 0.4) is 0 Å². The van der Waals surface area contributed by atoms with Gasteiger partial charge in [-0.2, -0.15) is 0 Å². The number of piperazine rings is 1. The summed E-state index contributed by atoms with van der Waals surface area (Å²) in [4.78, 5) is 15.4. The minimum Gasteiger partial charge on any atom is -0.487 e. The van der Waals surface area contributed by atoms with Crippen molar-refractivity contribution >= 4 is 17.3 Å². The molecule has 3 rings (SSSR count). The van der Waals surface area contributed by atoms with E-state index in [0.29, 0.717) is 6.54 Å². The minimum atomic E-state index is -0.815. The van der Waals surface area contributed by atoms with Crippen molar-refractivity contribution in [1.29, 1.82) is 0 Å². The Morgan fingerprint density at radius 2 is 2.19 bits per heavy atom. The Kier molecular flexibility index (Phi) is 3.88. The quantitative estimate of drug-likeness (QED) is 0.857. The van der Waals surface area contributed by atoms with Gasteiger partial charge in [-0.05, 0) is 19.1 Å². The first kappa shape index (κ1) is 14.0. The molecule has 0 aromatic heterocycles. The van der Waals surface area contributed by atoms with Crippen LogP contribution in [0.4, 0.5) is 11.4 Å². The van der Waals surface area contributed by atoms with Crippen LogP contribution in [0.5, 0.6) is 5.75 Å². The van der Waals surface area contributed by atoms with Gasteiger partial charge in [0.25, 0.3) is 0 Å². The van der Waals surface area contributed by atoms with E-state index < -0.39 is 5.97 Å². The normalized spacial score (nSPS) is 21.7. The first-order valence-corrected chi connectivity index (χ1v) is 7.37. The third kappa shape index (κ3) is 2.90. The molecular weight excluding hydrogens is 270 g/mol. The Labute approximate surface area is 124 Å². The Balaban J connectivity index is 1.98. The molecule has 0 amide bonds. The molecular formula is C15H21N3O3. The van der Waals surface area contributed by atoms with Crippen LogP contribution in [-0.4, -0.2) is 56.4 Å². The predicted octanol–water partition coefficient (Wildman–Crippen LogP) is 0.768. The summed E-state index contributed by atoms with van der Waals surface area (Å²) in [6, 6.07) is 5.96. The van der Waals surface area contributed by atoms with E-state index in [1.54, 1.807) is 0 Å².